The van der Waals surface area contributed by atoms with Crippen molar-refractivity contribution in [2.45, 2.75) is 4.83 Å². The van der Waals surface area contributed by atoms with Crippen molar-refractivity contribution in [3.63, 3.8) is 0 Å². The predicted octanol–water partition coefficient (Wildman–Crippen LogP) is 5.02. The number of hydrogen-bond donors (Lipinski definition) is 0. The zero-order valence-corrected chi connectivity index (χ0v) is 10.7. The monoisotopic (exact) mass is 304 g/mol. The summed E-state index contributed by atoms with van der Waals surface area (Å²) in [6.45, 7) is 0. The highest BCUT2D eigenvalue weighted by molar-refractivity contribution is 9.09. The Balaban J connectivity index is 2.34. The van der Waals surface area contributed by atoms with Gasteiger partial charge in [0.25, 0.3) is 0 Å². The number of benzene rings is 1. The molecule has 0 radical (unpaired) electrons. The highest BCUT2D eigenvalue weighted by atomic mass is 79.9. The van der Waals surface area contributed by atoms with Gasteiger partial charge in [0.05, 0.1) is 9.85 Å². The van der Waals surface area contributed by atoms with Gasteiger partial charge in [-0.15, -0.1) is 11.3 Å². The molecule has 0 aliphatic heterocycles. The molecule has 0 spiro atoms. The number of hydrogen-bond acceptors (Lipinski definition) is 1. The molecule has 1 atom stereocenters. The van der Waals surface area contributed by atoms with E-state index in [0.717, 1.165) is 10.4 Å². The molecule has 4 heteroatoms. The molecule has 0 saturated heterocycles. The zero-order valence-electron chi connectivity index (χ0n) is 7.58. The van der Waals surface area contributed by atoms with Gasteiger partial charge in [0, 0.05) is 4.88 Å². The van der Waals surface area contributed by atoms with Gasteiger partial charge in [0.1, 0.15) is 5.82 Å². The zero-order chi connectivity index (χ0) is 10.8. The Morgan fingerprint density at radius 2 is 2.13 bits per heavy atom. The second kappa shape index (κ2) is 4.64. The highest BCUT2D eigenvalue weighted by Gasteiger charge is 2.12. The van der Waals surface area contributed by atoms with Crippen molar-refractivity contribution in [1.29, 1.82) is 0 Å². The Morgan fingerprint density at radius 3 is 2.73 bits per heavy atom. The molecular weight excluding hydrogens is 299 g/mol. The van der Waals surface area contributed by atoms with E-state index < -0.39 is 0 Å². The van der Waals surface area contributed by atoms with E-state index in [-0.39, 0.29) is 15.7 Å². The number of halogens is 3. The third kappa shape index (κ3) is 2.41. The summed E-state index contributed by atoms with van der Waals surface area (Å²) < 4.78 is 13.2. The van der Waals surface area contributed by atoms with Gasteiger partial charge in [-0.25, -0.2) is 4.39 Å². The van der Waals surface area contributed by atoms with Crippen LogP contribution >= 0.6 is 38.9 Å². The second-order valence-corrected chi connectivity index (χ2v) is 5.35. The molecule has 0 aliphatic rings. The van der Waals surface area contributed by atoms with Crippen LogP contribution in [0, 0.1) is 5.82 Å². The van der Waals surface area contributed by atoms with Crippen LogP contribution in [0.25, 0.3) is 0 Å². The number of rotatable bonds is 2. The fourth-order valence-electron chi connectivity index (χ4n) is 1.27. The third-order valence-electron chi connectivity index (χ3n) is 2.03. The number of thiophene rings is 1. The summed E-state index contributed by atoms with van der Waals surface area (Å²) in [6.07, 6.45) is 0. The third-order valence-corrected chi connectivity index (χ3v) is 4.60. The summed E-state index contributed by atoms with van der Waals surface area (Å²) in [5.41, 5.74) is 0.874. The first-order valence-corrected chi connectivity index (χ1v) is 6.48. The summed E-state index contributed by atoms with van der Waals surface area (Å²) in [6, 6.07) is 8.84. The Hall–Kier alpha value is -0.380. The molecule has 1 heterocycles. The lowest BCUT2D eigenvalue weighted by atomic mass is 10.1. The van der Waals surface area contributed by atoms with Crippen LogP contribution in [0.4, 0.5) is 4.39 Å². The first kappa shape index (κ1) is 11.1. The number of alkyl halides is 1. The Bertz CT molecular complexity index is 456. The first-order valence-electron chi connectivity index (χ1n) is 4.31. The fraction of sp³-hybridized carbons (Fsp3) is 0.0909. The van der Waals surface area contributed by atoms with Crippen LogP contribution in [0.3, 0.4) is 0 Å². The normalized spacial score (nSPS) is 12.7. The van der Waals surface area contributed by atoms with E-state index >= 15 is 0 Å². The molecule has 1 aromatic heterocycles. The second-order valence-electron chi connectivity index (χ2n) is 3.05. The molecule has 2 rings (SSSR count). The van der Waals surface area contributed by atoms with Gasteiger partial charge in [-0.2, -0.15) is 0 Å². The summed E-state index contributed by atoms with van der Waals surface area (Å²) in [4.78, 5) is 1.18. The maximum Gasteiger partial charge on any atom is 0.142 e. The first-order chi connectivity index (χ1) is 7.18. The van der Waals surface area contributed by atoms with Gasteiger partial charge in [-0.3, -0.25) is 0 Å². The predicted molar refractivity (Wildman–Crippen MR) is 66.5 cm³/mol. The maximum atomic E-state index is 13.2. The lowest BCUT2D eigenvalue weighted by molar-refractivity contribution is 0.626. The molecule has 0 saturated carbocycles. The van der Waals surface area contributed by atoms with Crippen LogP contribution in [-0.4, -0.2) is 0 Å². The Kier molecular flexibility index (Phi) is 3.44. The van der Waals surface area contributed by atoms with Crippen molar-refractivity contribution in [1.82, 2.24) is 0 Å². The summed E-state index contributed by atoms with van der Waals surface area (Å²) >= 11 is 10.8. The summed E-state index contributed by atoms with van der Waals surface area (Å²) in [5, 5.41) is 2.15. The van der Waals surface area contributed by atoms with Crippen LogP contribution in [0.15, 0.2) is 35.7 Å². The molecular formula is C11H7BrClFS. The Labute approximate surface area is 105 Å². The molecule has 0 aliphatic carbocycles. The van der Waals surface area contributed by atoms with Crippen molar-refractivity contribution < 1.29 is 4.39 Å². The molecule has 0 nitrogen and oxygen atoms in total. The Morgan fingerprint density at radius 1 is 1.33 bits per heavy atom. The SMILES string of the molecule is Fc1cc(C(Br)c2cccs2)ccc1Cl. The summed E-state index contributed by atoms with van der Waals surface area (Å²) in [5.74, 6) is -0.379. The van der Waals surface area contributed by atoms with Gasteiger partial charge in [-0.05, 0) is 29.1 Å². The van der Waals surface area contributed by atoms with Gasteiger partial charge >= 0.3 is 0 Å². The van der Waals surface area contributed by atoms with Gasteiger partial charge in [0.2, 0.25) is 0 Å². The van der Waals surface area contributed by atoms with E-state index in [1.165, 1.54) is 6.07 Å². The molecule has 0 bridgehead atoms. The van der Waals surface area contributed by atoms with Crippen LogP contribution in [0.5, 0.6) is 0 Å². The highest BCUT2D eigenvalue weighted by Crippen LogP contribution is 2.34. The molecule has 15 heavy (non-hydrogen) atoms. The van der Waals surface area contributed by atoms with Crippen LogP contribution in [0.2, 0.25) is 5.02 Å². The lowest BCUT2D eigenvalue weighted by Crippen LogP contribution is -1.90. The van der Waals surface area contributed by atoms with Crippen molar-refractivity contribution in [3.05, 3.63) is 57.0 Å². The minimum Gasteiger partial charge on any atom is -0.205 e. The summed E-state index contributed by atoms with van der Waals surface area (Å²) in [7, 11) is 0. The van der Waals surface area contributed by atoms with Gasteiger partial charge < -0.3 is 0 Å². The average molecular weight is 306 g/mol. The average Bonchev–Trinajstić information content (AvgIpc) is 2.74. The topological polar surface area (TPSA) is 0 Å². The molecule has 0 amide bonds. The van der Waals surface area contributed by atoms with Gasteiger partial charge in [-0.1, -0.05) is 39.7 Å². The quantitative estimate of drug-likeness (QED) is 0.683. The maximum absolute atomic E-state index is 13.2. The van der Waals surface area contributed by atoms with Crippen molar-refractivity contribution in [2.75, 3.05) is 0 Å². The molecule has 1 unspecified atom stereocenters. The molecule has 0 N–H and O–H groups in total. The standard InChI is InChI=1S/C11H7BrClFS/c12-11(10-2-1-5-15-10)7-3-4-8(13)9(14)6-7/h1-6,11H. The van der Waals surface area contributed by atoms with E-state index in [0.29, 0.717) is 0 Å². The van der Waals surface area contributed by atoms with Crippen molar-refractivity contribution in [2.24, 2.45) is 0 Å². The smallest absolute Gasteiger partial charge is 0.142 e. The minimum atomic E-state index is -0.379. The van der Waals surface area contributed by atoms with E-state index in [1.54, 1.807) is 17.4 Å². The van der Waals surface area contributed by atoms with E-state index in [1.807, 2.05) is 23.6 Å². The van der Waals surface area contributed by atoms with E-state index in [9.17, 15) is 4.39 Å². The van der Waals surface area contributed by atoms with Gasteiger partial charge in [0.15, 0.2) is 0 Å². The van der Waals surface area contributed by atoms with Crippen LogP contribution < -0.4 is 0 Å². The molecule has 0 fully saturated rings. The molecule has 1 aromatic carbocycles. The minimum absolute atomic E-state index is 0.0317. The van der Waals surface area contributed by atoms with Crippen molar-refractivity contribution >= 4 is 38.9 Å². The lowest BCUT2D eigenvalue weighted by Gasteiger charge is -2.08. The van der Waals surface area contributed by atoms with Crippen LogP contribution in [-0.2, 0) is 0 Å². The molecule has 2 aromatic rings. The van der Waals surface area contributed by atoms with Crippen LogP contribution in [0.1, 0.15) is 15.3 Å². The van der Waals surface area contributed by atoms with E-state index in [4.69, 9.17) is 11.6 Å². The largest absolute Gasteiger partial charge is 0.205 e. The van der Waals surface area contributed by atoms with E-state index in [2.05, 4.69) is 15.9 Å². The molecule has 78 valence electrons. The fourth-order valence-corrected chi connectivity index (χ4v) is 2.88. The van der Waals surface area contributed by atoms with Crippen molar-refractivity contribution in [3.8, 4) is 0 Å².